The Hall–Kier alpha value is -0.650. The van der Waals surface area contributed by atoms with Gasteiger partial charge in [-0.1, -0.05) is 0 Å². The van der Waals surface area contributed by atoms with E-state index in [-0.39, 0.29) is 6.61 Å². The van der Waals surface area contributed by atoms with E-state index in [2.05, 4.69) is 4.74 Å². The monoisotopic (exact) mass is 164 g/mol. The molecule has 0 saturated heterocycles. The molecule has 2 atom stereocenters. The van der Waals surface area contributed by atoms with E-state index >= 15 is 0 Å². The van der Waals surface area contributed by atoms with Crippen LogP contribution in [-0.4, -0.2) is 46.7 Å². The van der Waals surface area contributed by atoms with Crippen molar-refractivity contribution in [2.24, 2.45) is 0 Å². The van der Waals surface area contributed by atoms with Crippen LogP contribution in [0.15, 0.2) is 0 Å². The average Bonchev–Trinajstić information content (AvgIpc) is 1.99. The normalized spacial score (nSPS) is 15.9. The van der Waals surface area contributed by atoms with E-state index in [4.69, 9.17) is 15.3 Å². The van der Waals surface area contributed by atoms with Gasteiger partial charge in [0, 0.05) is 0 Å². The highest BCUT2D eigenvalue weighted by Gasteiger charge is 2.12. The Kier molecular flexibility index (Phi) is 4.76. The lowest BCUT2D eigenvalue weighted by atomic mass is 10.4. The minimum atomic E-state index is -1.09. The molecule has 0 saturated carbocycles. The minimum absolute atomic E-state index is 0.163. The van der Waals surface area contributed by atoms with Gasteiger partial charge in [-0.2, -0.15) is 0 Å². The first kappa shape index (κ1) is 10.3. The van der Waals surface area contributed by atoms with E-state index < -0.39 is 24.8 Å². The smallest absolute Gasteiger partial charge is 0.332 e. The first-order chi connectivity index (χ1) is 5.07. The third kappa shape index (κ3) is 4.72. The van der Waals surface area contributed by atoms with Gasteiger partial charge in [-0.3, -0.25) is 0 Å². The molecule has 0 aliphatic rings. The maximum Gasteiger partial charge on any atom is 0.332 e. The fourth-order valence-electron chi connectivity index (χ4n) is 0.379. The molecule has 0 radical (unpaired) electrons. The maximum absolute atomic E-state index is 10.1. The van der Waals surface area contributed by atoms with E-state index in [1.807, 2.05) is 0 Å². The lowest BCUT2D eigenvalue weighted by Gasteiger charge is -2.10. The standard InChI is InChI=1S/C6H12O5/c1-4(6(9)10)11-3-5(8)2-7/h4-5,7-8H,2-3H2,1H3,(H,9,10)/t4-,5?/m0/s1. The molecule has 1 unspecified atom stereocenters. The molecule has 5 nitrogen and oxygen atoms in total. The van der Waals surface area contributed by atoms with Crippen molar-refractivity contribution >= 4 is 5.97 Å². The molecule has 0 aliphatic heterocycles. The van der Waals surface area contributed by atoms with Crippen LogP contribution in [0.1, 0.15) is 6.92 Å². The average molecular weight is 164 g/mol. The molecule has 0 heterocycles. The second kappa shape index (κ2) is 5.06. The third-order valence-electron chi connectivity index (χ3n) is 1.10. The second-order valence-corrected chi connectivity index (χ2v) is 2.15. The highest BCUT2D eigenvalue weighted by molar-refractivity contribution is 5.71. The summed E-state index contributed by atoms with van der Waals surface area (Å²) >= 11 is 0. The quantitative estimate of drug-likeness (QED) is 0.476. The predicted molar refractivity (Wildman–Crippen MR) is 36.1 cm³/mol. The Bertz CT molecular complexity index is 124. The summed E-state index contributed by atoms with van der Waals surface area (Å²) in [5.74, 6) is -1.09. The summed E-state index contributed by atoms with van der Waals surface area (Å²) < 4.78 is 4.65. The molecule has 0 rings (SSSR count). The number of carboxylic acid groups (broad SMARTS) is 1. The summed E-state index contributed by atoms with van der Waals surface area (Å²) in [5.41, 5.74) is 0. The van der Waals surface area contributed by atoms with Gasteiger partial charge in [-0.15, -0.1) is 0 Å². The van der Waals surface area contributed by atoms with Crippen molar-refractivity contribution in [2.75, 3.05) is 13.2 Å². The van der Waals surface area contributed by atoms with Crippen LogP contribution < -0.4 is 0 Å². The maximum atomic E-state index is 10.1. The zero-order valence-electron chi connectivity index (χ0n) is 6.23. The van der Waals surface area contributed by atoms with E-state index in [0.29, 0.717) is 0 Å². The van der Waals surface area contributed by atoms with Crippen molar-refractivity contribution in [3.05, 3.63) is 0 Å². The van der Waals surface area contributed by atoms with Gasteiger partial charge in [0.1, 0.15) is 6.10 Å². The Morgan fingerprint density at radius 3 is 2.55 bits per heavy atom. The lowest BCUT2D eigenvalue weighted by Crippen LogP contribution is -2.27. The van der Waals surface area contributed by atoms with Crippen molar-refractivity contribution in [1.29, 1.82) is 0 Å². The highest BCUT2D eigenvalue weighted by atomic mass is 16.5. The van der Waals surface area contributed by atoms with Gasteiger partial charge in [0.05, 0.1) is 13.2 Å². The van der Waals surface area contributed by atoms with Gasteiger partial charge in [0.2, 0.25) is 0 Å². The summed E-state index contributed by atoms with van der Waals surface area (Å²) in [6, 6.07) is 0. The number of hydrogen-bond acceptors (Lipinski definition) is 4. The van der Waals surface area contributed by atoms with Crippen LogP contribution in [0.4, 0.5) is 0 Å². The van der Waals surface area contributed by atoms with Gasteiger partial charge >= 0.3 is 5.97 Å². The van der Waals surface area contributed by atoms with Crippen LogP contribution in [0, 0.1) is 0 Å². The SMILES string of the molecule is C[C@H](OCC(O)CO)C(=O)O. The molecule has 0 fully saturated rings. The molecule has 11 heavy (non-hydrogen) atoms. The van der Waals surface area contributed by atoms with Crippen LogP contribution in [0.25, 0.3) is 0 Å². The molecular weight excluding hydrogens is 152 g/mol. The minimum Gasteiger partial charge on any atom is -0.479 e. The summed E-state index contributed by atoms with van der Waals surface area (Å²) in [6.07, 6.45) is -1.95. The number of carboxylic acids is 1. The molecule has 66 valence electrons. The zero-order chi connectivity index (χ0) is 8.85. The number of carbonyl (C=O) groups is 1. The van der Waals surface area contributed by atoms with Gasteiger partial charge in [-0.25, -0.2) is 4.79 Å². The van der Waals surface area contributed by atoms with Crippen LogP contribution in [-0.2, 0) is 9.53 Å². The van der Waals surface area contributed by atoms with Gasteiger partial charge < -0.3 is 20.1 Å². The molecule has 0 aromatic heterocycles. The predicted octanol–water partition coefficient (Wildman–Crippen LogP) is -1.17. The van der Waals surface area contributed by atoms with Gasteiger partial charge in [0.15, 0.2) is 6.10 Å². The number of aliphatic hydroxyl groups excluding tert-OH is 2. The Balaban J connectivity index is 3.45. The van der Waals surface area contributed by atoms with Crippen molar-refractivity contribution in [1.82, 2.24) is 0 Å². The van der Waals surface area contributed by atoms with Crippen LogP contribution in [0.5, 0.6) is 0 Å². The van der Waals surface area contributed by atoms with Crippen LogP contribution in [0.2, 0.25) is 0 Å². The fourth-order valence-corrected chi connectivity index (χ4v) is 0.379. The number of ether oxygens (including phenoxy) is 1. The van der Waals surface area contributed by atoms with Crippen molar-refractivity contribution in [3.63, 3.8) is 0 Å². The van der Waals surface area contributed by atoms with E-state index in [0.717, 1.165) is 0 Å². The molecule has 0 spiro atoms. The van der Waals surface area contributed by atoms with Crippen LogP contribution >= 0.6 is 0 Å². The molecule has 0 aromatic rings. The first-order valence-corrected chi connectivity index (χ1v) is 3.21. The molecule has 0 aliphatic carbocycles. The van der Waals surface area contributed by atoms with Crippen molar-refractivity contribution in [3.8, 4) is 0 Å². The third-order valence-corrected chi connectivity index (χ3v) is 1.10. The summed E-state index contributed by atoms with van der Waals surface area (Å²) in [7, 11) is 0. The summed E-state index contributed by atoms with van der Waals surface area (Å²) in [4.78, 5) is 10.1. The summed E-state index contributed by atoms with van der Waals surface area (Å²) in [6.45, 7) is 0.767. The Morgan fingerprint density at radius 2 is 2.18 bits per heavy atom. The number of rotatable bonds is 5. The molecule has 5 heteroatoms. The molecular formula is C6H12O5. The molecule has 0 amide bonds. The van der Waals surface area contributed by atoms with E-state index in [9.17, 15) is 4.79 Å². The van der Waals surface area contributed by atoms with Crippen LogP contribution in [0.3, 0.4) is 0 Å². The van der Waals surface area contributed by atoms with Crippen molar-refractivity contribution < 1.29 is 24.9 Å². The Labute approximate surface area is 64.2 Å². The number of hydrogen-bond donors (Lipinski definition) is 3. The molecule has 0 bridgehead atoms. The summed E-state index contributed by atoms with van der Waals surface area (Å²) in [5, 5.41) is 25.3. The zero-order valence-corrected chi connectivity index (χ0v) is 6.23. The number of aliphatic hydroxyl groups is 2. The van der Waals surface area contributed by atoms with E-state index in [1.54, 1.807) is 0 Å². The second-order valence-electron chi connectivity index (χ2n) is 2.15. The molecule has 3 N–H and O–H groups in total. The van der Waals surface area contributed by atoms with Gasteiger partial charge in [-0.05, 0) is 6.92 Å². The molecule has 0 aromatic carbocycles. The number of aliphatic carboxylic acids is 1. The largest absolute Gasteiger partial charge is 0.479 e. The van der Waals surface area contributed by atoms with E-state index in [1.165, 1.54) is 6.92 Å². The highest BCUT2D eigenvalue weighted by Crippen LogP contribution is 1.92. The first-order valence-electron chi connectivity index (χ1n) is 3.21. The van der Waals surface area contributed by atoms with Crippen molar-refractivity contribution in [2.45, 2.75) is 19.1 Å². The van der Waals surface area contributed by atoms with Gasteiger partial charge in [0.25, 0.3) is 0 Å². The lowest BCUT2D eigenvalue weighted by molar-refractivity contribution is -0.151. The topological polar surface area (TPSA) is 87.0 Å². The Morgan fingerprint density at radius 1 is 1.64 bits per heavy atom. The fraction of sp³-hybridized carbons (Fsp3) is 0.833.